The number of thioether (sulfide) groups is 1. The molecule has 0 aliphatic rings. The van der Waals surface area contributed by atoms with Crippen molar-refractivity contribution in [2.24, 2.45) is 0 Å². The largest absolute Gasteiger partial charge is 0.299 e. The van der Waals surface area contributed by atoms with E-state index in [1.807, 2.05) is 20.8 Å². The first-order valence-electron chi connectivity index (χ1n) is 9.41. The van der Waals surface area contributed by atoms with Crippen molar-refractivity contribution < 1.29 is 13.2 Å². The van der Waals surface area contributed by atoms with E-state index < -0.39 is 22.5 Å². The van der Waals surface area contributed by atoms with Crippen molar-refractivity contribution >= 4 is 73.0 Å². The van der Waals surface area contributed by atoms with Crippen molar-refractivity contribution in [2.45, 2.75) is 35.3 Å². The molecule has 0 fully saturated rings. The van der Waals surface area contributed by atoms with Crippen molar-refractivity contribution in [1.82, 2.24) is 10.2 Å². The maximum Gasteiger partial charge on any atom is 0.264 e. The molecule has 0 atom stereocenters. The van der Waals surface area contributed by atoms with E-state index in [1.54, 1.807) is 24.3 Å². The summed E-state index contributed by atoms with van der Waals surface area (Å²) in [5, 5.41) is 11.4. The first kappa shape index (κ1) is 24.8. The van der Waals surface area contributed by atoms with Crippen LogP contribution in [0.2, 0.25) is 10.0 Å². The fourth-order valence-corrected chi connectivity index (χ4v) is 6.49. The van der Waals surface area contributed by atoms with E-state index >= 15 is 0 Å². The molecule has 0 saturated carbocycles. The van der Waals surface area contributed by atoms with E-state index in [2.05, 4.69) is 15.5 Å². The van der Waals surface area contributed by atoms with Gasteiger partial charge in [-0.3, -0.25) is 14.4 Å². The first-order valence-corrected chi connectivity index (χ1v) is 13.3. The maximum atomic E-state index is 13.4. The number of carbonyl (C=O) groups excluding carboxylic acids is 1. The lowest BCUT2D eigenvalue weighted by Gasteiger charge is -2.25. The molecule has 0 unspecified atom stereocenters. The normalized spacial score (nSPS) is 11.6. The van der Waals surface area contributed by atoms with Crippen LogP contribution in [0.3, 0.4) is 0 Å². The molecule has 2 aromatic carbocycles. The van der Waals surface area contributed by atoms with E-state index in [4.69, 9.17) is 23.2 Å². The highest BCUT2D eigenvalue weighted by Gasteiger charge is 2.29. The average Bonchev–Trinajstić information content (AvgIpc) is 3.14. The zero-order valence-electron chi connectivity index (χ0n) is 17.4. The van der Waals surface area contributed by atoms with Gasteiger partial charge >= 0.3 is 0 Å². The number of aryl methyl sites for hydroxylation is 1. The van der Waals surface area contributed by atoms with Crippen LogP contribution in [0.5, 0.6) is 0 Å². The summed E-state index contributed by atoms with van der Waals surface area (Å²) in [6.07, 6.45) is 0. The zero-order chi connectivity index (χ0) is 23.5. The number of anilines is 2. The van der Waals surface area contributed by atoms with Gasteiger partial charge in [0, 0.05) is 5.25 Å². The highest BCUT2D eigenvalue weighted by molar-refractivity contribution is 8.01. The van der Waals surface area contributed by atoms with Gasteiger partial charge in [-0.1, -0.05) is 83.9 Å². The molecule has 1 heterocycles. The third-order valence-electron chi connectivity index (χ3n) is 4.09. The van der Waals surface area contributed by atoms with Crippen LogP contribution >= 0.6 is 46.3 Å². The number of hydrogen-bond acceptors (Lipinski definition) is 7. The van der Waals surface area contributed by atoms with Crippen LogP contribution < -0.4 is 9.62 Å². The highest BCUT2D eigenvalue weighted by Crippen LogP contribution is 2.35. The van der Waals surface area contributed by atoms with Crippen LogP contribution in [0.4, 0.5) is 10.8 Å². The molecule has 3 aromatic rings. The van der Waals surface area contributed by atoms with Crippen LogP contribution in [0.25, 0.3) is 0 Å². The lowest BCUT2D eigenvalue weighted by atomic mass is 10.2. The third-order valence-corrected chi connectivity index (χ3v) is 8.60. The second kappa shape index (κ2) is 10.4. The molecule has 0 spiro atoms. The Labute approximate surface area is 205 Å². The second-order valence-corrected chi connectivity index (χ2v) is 12.4. The first-order chi connectivity index (χ1) is 15.1. The number of sulfonamides is 1. The number of benzene rings is 2. The zero-order valence-corrected chi connectivity index (χ0v) is 21.3. The van der Waals surface area contributed by atoms with Crippen molar-refractivity contribution in [1.29, 1.82) is 0 Å². The molecule has 0 radical (unpaired) electrons. The van der Waals surface area contributed by atoms with Crippen molar-refractivity contribution in [3.05, 3.63) is 58.1 Å². The standard InChI is InChI=1S/C20H20Cl2N4O3S3/c1-12(2)30-20-25-24-19(31-20)23-17(27)11-26(16-6-4-5-15(21)18(16)22)32(28,29)14-9-7-13(3)8-10-14/h4-10,12H,11H2,1-3H3,(H,23,24,27). The van der Waals surface area contributed by atoms with Crippen LogP contribution in [0.15, 0.2) is 51.7 Å². The number of rotatable bonds is 8. The number of amides is 1. The predicted octanol–water partition coefficient (Wildman–Crippen LogP) is 5.49. The van der Waals surface area contributed by atoms with Gasteiger partial charge in [-0.15, -0.1) is 10.2 Å². The Morgan fingerprint density at radius 1 is 1.16 bits per heavy atom. The summed E-state index contributed by atoms with van der Waals surface area (Å²) in [7, 11) is -4.12. The average molecular weight is 532 g/mol. The molecule has 0 aliphatic carbocycles. The molecule has 0 saturated heterocycles. The maximum absolute atomic E-state index is 13.4. The topological polar surface area (TPSA) is 92.3 Å². The molecule has 1 N–H and O–H groups in total. The quantitative estimate of drug-likeness (QED) is 0.305. The Morgan fingerprint density at radius 2 is 1.84 bits per heavy atom. The van der Waals surface area contributed by atoms with Gasteiger partial charge in [-0.2, -0.15) is 0 Å². The Bertz CT molecular complexity index is 1220. The van der Waals surface area contributed by atoms with Gasteiger partial charge in [-0.25, -0.2) is 8.42 Å². The van der Waals surface area contributed by atoms with Crippen LogP contribution in [-0.2, 0) is 14.8 Å². The number of nitrogens with zero attached hydrogens (tertiary/aromatic N) is 3. The summed E-state index contributed by atoms with van der Waals surface area (Å²) in [4.78, 5) is 12.8. The molecule has 32 heavy (non-hydrogen) atoms. The van der Waals surface area contributed by atoms with Crippen molar-refractivity contribution in [3.63, 3.8) is 0 Å². The van der Waals surface area contributed by atoms with E-state index in [9.17, 15) is 13.2 Å². The fraction of sp³-hybridized carbons (Fsp3) is 0.250. The minimum absolute atomic E-state index is 0.0264. The molecule has 1 amide bonds. The SMILES string of the molecule is Cc1ccc(S(=O)(=O)N(CC(=O)Nc2nnc(SC(C)C)s2)c2cccc(Cl)c2Cl)cc1. The van der Waals surface area contributed by atoms with Gasteiger partial charge in [0.2, 0.25) is 11.0 Å². The van der Waals surface area contributed by atoms with Crippen LogP contribution in [0, 0.1) is 6.92 Å². The van der Waals surface area contributed by atoms with Gasteiger partial charge in [0.1, 0.15) is 6.54 Å². The molecular weight excluding hydrogens is 511 g/mol. The molecule has 12 heteroatoms. The fourth-order valence-electron chi connectivity index (χ4n) is 2.62. The molecular formula is C20H20Cl2N4O3S3. The molecule has 7 nitrogen and oxygen atoms in total. The second-order valence-electron chi connectivity index (χ2n) is 6.99. The van der Waals surface area contributed by atoms with Gasteiger partial charge in [0.05, 0.1) is 20.6 Å². The van der Waals surface area contributed by atoms with Crippen molar-refractivity contribution in [2.75, 3.05) is 16.2 Å². The number of hydrogen-bond donors (Lipinski definition) is 1. The lowest BCUT2D eigenvalue weighted by molar-refractivity contribution is -0.114. The van der Waals surface area contributed by atoms with Crippen LogP contribution in [-0.4, -0.2) is 36.3 Å². The Kier molecular flexibility index (Phi) is 8.05. The Morgan fingerprint density at radius 3 is 2.50 bits per heavy atom. The van der Waals surface area contributed by atoms with Crippen molar-refractivity contribution in [3.8, 4) is 0 Å². The summed E-state index contributed by atoms with van der Waals surface area (Å²) >= 11 is 15.2. The Balaban J connectivity index is 1.92. The van der Waals surface area contributed by atoms with Gasteiger partial charge in [0.25, 0.3) is 10.0 Å². The number of carbonyl (C=O) groups is 1. The predicted molar refractivity (Wildman–Crippen MR) is 132 cm³/mol. The van der Waals surface area contributed by atoms with Gasteiger partial charge in [0.15, 0.2) is 4.34 Å². The number of nitrogens with one attached hydrogen (secondary N) is 1. The van der Waals surface area contributed by atoms with Gasteiger partial charge in [-0.05, 0) is 31.2 Å². The molecule has 0 bridgehead atoms. The molecule has 170 valence electrons. The number of aromatic nitrogens is 2. The van der Waals surface area contributed by atoms with Crippen LogP contribution in [0.1, 0.15) is 19.4 Å². The minimum atomic E-state index is -4.12. The summed E-state index contributed by atoms with van der Waals surface area (Å²) in [5.41, 5.74) is 1.00. The summed E-state index contributed by atoms with van der Waals surface area (Å²) < 4.78 is 28.5. The summed E-state index contributed by atoms with van der Waals surface area (Å²) in [6, 6.07) is 10.9. The summed E-state index contributed by atoms with van der Waals surface area (Å²) in [6.45, 7) is 5.37. The molecule has 3 rings (SSSR count). The smallest absolute Gasteiger partial charge is 0.264 e. The van der Waals surface area contributed by atoms with E-state index in [-0.39, 0.29) is 25.8 Å². The van der Waals surface area contributed by atoms with E-state index in [0.717, 1.165) is 9.87 Å². The highest BCUT2D eigenvalue weighted by atomic mass is 35.5. The minimum Gasteiger partial charge on any atom is -0.299 e. The monoisotopic (exact) mass is 530 g/mol. The Hall–Kier alpha value is -1.85. The third kappa shape index (κ3) is 5.93. The number of halogens is 2. The summed E-state index contributed by atoms with van der Waals surface area (Å²) in [5.74, 6) is -0.589. The van der Waals surface area contributed by atoms with Gasteiger partial charge < -0.3 is 0 Å². The molecule has 0 aliphatic heterocycles. The molecule has 1 aromatic heterocycles. The lowest BCUT2D eigenvalue weighted by Crippen LogP contribution is -2.38. The van der Waals surface area contributed by atoms with E-state index in [0.29, 0.717) is 9.59 Å². The van der Waals surface area contributed by atoms with E-state index in [1.165, 1.54) is 41.3 Å².